The van der Waals surface area contributed by atoms with Crippen molar-refractivity contribution < 1.29 is 14.3 Å². The third kappa shape index (κ3) is 3.66. The fourth-order valence-electron chi connectivity index (χ4n) is 1.80. The van der Waals surface area contributed by atoms with Gasteiger partial charge < -0.3 is 20.1 Å². The van der Waals surface area contributed by atoms with Gasteiger partial charge in [-0.25, -0.2) is 0 Å². The van der Waals surface area contributed by atoms with E-state index in [1.54, 1.807) is 38.4 Å². The Kier molecular flexibility index (Phi) is 4.66. The normalized spacial score (nSPS) is 10.0. The van der Waals surface area contributed by atoms with Crippen LogP contribution in [0.3, 0.4) is 0 Å². The number of hydrogen-bond acceptors (Lipinski definition) is 4. The minimum atomic E-state index is -0.164. The van der Waals surface area contributed by atoms with E-state index in [0.29, 0.717) is 11.4 Å². The van der Waals surface area contributed by atoms with Gasteiger partial charge in [0.15, 0.2) is 6.61 Å². The largest absolute Gasteiger partial charge is 0.497 e. The first-order valence-corrected chi connectivity index (χ1v) is 6.49. The van der Waals surface area contributed by atoms with Gasteiger partial charge in [0.05, 0.1) is 12.8 Å². The van der Waals surface area contributed by atoms with Crippen LogP contribution in [0.25, 0.3) is 0 Å². The summed E-state index contributed by atoms with van der Waals surface area (Å²) in [7, 11) is 3.30. The van der Waals surface area contributed by atoms with Gasteiger partial charge in [0.1, 0.15) is 11.5 Å². The van der Waals surface area contributed by atoms with Crippen LogP contribution in [0.5, 0.6) is 11.5 Å². The zero-order chi connectivity index (χ0) is 15.2. The average Bonchev–Trinajstić information content (AvgIpc) is 2.53. The summed E-state index contributed by atoms with van der Waals surface area (Å²) in [4.78, 5) is 13.6. The molecule has 2 N–H and O–H groups in total. The Hall–Kier alpha value is -2.69. The Bertz CT molecular complexity index is 611. The molecule has 0 radical (unpaired) electrons. The molecule has 0 aliphatic carbocycles. The van der Waals surface area contributed by atoms with Crippen LogP contribution in [0, 0.1) is 0 Å². The van der Waals surface area contributed by atoms with Crippen molar-refractivity contribution in [2.75, 3.05) is 31.4 Å². The fraction of sp³-hybridized carbons (Fsp3) is 0.188. The van der Waals surface area contributed by atoms with Gasteiger partial charge >= 0.3 is 0 Å². The average molecular weight is 286 g/mol. The molecule has 2 aromatic carbocycles. The number of ether oxygens (including phenoxy) is 2. The van der Waals surface area contributed by atoms with Crippen LogP contribution in [0.2, 0.25) is 0 Å². The molecule has 0 spiro atoms. The van der Waals surface area contributed by atoms with Gasteiger partial charge in [-0.2, -0.15) is 0 Å². The number of anilines is 2. The predicted molar refractivity (Wildman–Crippen MR) is 82.8 cm³/mol. The van der Waals surface area contributed by atoms with Crippen molar-refractivity contribution in [2.24, 2.45) is 0 Å². The van der Waals surface area contributed by atoms with Crippen molar-refractivity contribution in [3.05, 3.63) is 48.5 Å². The molecule has 2 aromatic rings. The van der Waals surface area contributed by atoms with Crippen LogP contribution >= 0.6 is 0 Å². The highest BCUT2D eigenvalue weighted by atomic mass is 16.5. The molecule has 0 atom stereocenters. The van der Waals surface area contributed by atoms with E-state index in [1.807, 2.05) is 24.3 Å². The molecule has 0 heterocycles. The van der Waals surface area contributed by atoms with Crippen LogP contribution < -0.4 is 20.1 Å². The summed E-state index contributed by atoms with van der Waals surface area (Å²) in [5, 5.41) is 0. The first kappa shape index (κ1) is 14.7. The minimum Gasteiger partial charge on any atom is -0.497 e. The molecule has 5 nitrogen and oxygen atoms in total. The molecule has 0 aromatic heterocycles. The molecule has 110 valence electrons. The molecule has 21 heavy (non-hydrogen) atoms. The molecule has 2 rings (SSSR count). The Labute approximate surface area is 123 Å². The zero-order valence-corrected chi connectivity index (χ0v) is 12.1. The second-order valence-electron chi connectivity index (χ2n) is 4.48. The highest BCUT2D eigenvalue weighted by Gasteiger charge is 2.12. The van der Waals surface area contributed by atoms with E-state index in [4.69, 9.17) is 15.2 Å². The van der Waals surface area contributed by atoms with Crippen LogP contribution in [0.4, 0.5) is 11.4 Å². The van der Waals surface area contributed by atoms with Crippen molar-refractivity contribution in [3.8, 4) is 11.5 Å². The summed E-state index contributed by atoms with van der Waals surface area (Å²) in [6, 6.07) is 14.3. The number of nitrogens with two attached hydrogens (primary N) is 1. The fourth-order valence-corrected chi connectivity index (χ4v) is 1.80. The maximum atomic E-state index is 12.1. The second kappa shape index (κ2) is 6.65. The SMILES string of the molecule is COc1ccc(N(C)C(=O)COc2ccccc2N)cc1. The smallest absolute Gasteiger partial charge is 0.264 e. The molecule has 0 bridgehead atoms. The summed E-state index contributed by atoms with van der Waals surface area (Å²) in [6.07, 6.45) is 0. The van der Waals surface area contributed by atoms with E-state index in [2.05, 4.69) is 0 Å². The van der Waals surface area contributed by atoms with E-state index >= 15 is 0 Å². The molecule has 0 aliphatic rings. The molecular weight excluding hydrogens is 268 g/mol. The van der Waals surface area contributed by atoms with Gasteiger partial charge in [0.2, 0.25) is 0 Å². The van der Waals surface area contributed by atoms with Crippen molar-refractivity contribution >= 4 is 17.3 Å². The monoisotopic (exact) mass is 286 g/mol. The number of rotatable bonds is 5. The van der Waals surface area contributed by atoms with Crippen LogP contribution in [-0.2, 0) is 4.79 Å². The number of amides is 1. The minimum absolute atomic E-state index is 0.0727. The number of benzene rings is 2. The third-order valence-electron chi connectivity index (χ3n) is 3.10. The highest BCUT2D eigenvalue weighted by Crippen LogP contribution is 2.21. The van der Waals surface area contributed by atoms with Gasteiger partial charge in [-0.3, -0.25) is 4.79 Å². The Morgan fingerprint density at radius 1 is 1.14 bits per heavy atom. The van der Waals surface area contributed by atoms with Crippen molar-refractivity contribution in [3.63, 3.8) is 0 Å². The highest BCUT2D eigenvalue weighted by molar-refractivity contribution is 5.94. The number of nitrogen functional groups attached to an aromatic ring is 1. The van der Waals surface area contributed by atoms with Gasteiger partial charge in [0, 0.05) is 12.7 Å². The van der Waals surface area contributed by atoms with E-state index in [1.165, 1.54) is 4.90 Å². The summed E-state index contributed by atoms with van der Waals surface area (Å²) < 4.78 is 10.5. The van der Waals surface area contributed by atoms with Gasteiger partial charge in [-0.15, -0.1) is 0 Å². The van der Waals surface area contributed by atoms with Gasteiger partial charge in [0.25, 0.3) is 5.91 Å². The molecule has 5 heteroatoms. The topological polar surface area (TPSA) is 64.8 Å². The quantitative estimate of drug-likeness (QED) is 0.857. The molecule has 0 unspecified atom stereocenters. The van der Waals surface area contributed by atoms with E-state index in [9.17, 15) is 4.79 Å². The Balaban J connectivity index is 1.97. The standard InChI is InChI=1S/C16H18N2O3/c1-18(12-7-9-13(20-2)10-8-12)16(19)11-21-15-6-4-3-5-14(15)17/h3-10H,11,17H2,1-2H3. The molecular formula is C16H18N2O3. The number of para-hydroxylation sites is 2. The maximum absolute atomic E-state index is 12.1. The number of carbonyl (C=O) groups excluding carboxylic acids is 1. The number of carbonyl (C=O) groups is 1. The van der Waals surface area contributed by atoms with E-state index < -0.39 is 0 Å². The molecule has 0 aliphatic heterocycles. The maximum Gasteiger partial charge on any atom is 0.264 e. The number of methoxy groups -OCH3 is 1. The van der Waals surface area contributed by atoms with Crippen LogP contribution in [0.1, 0.15) is 0 Å². The first-order chi connectivity index (χ1) is 10.1. The Morgan fingerprint density at radius 3 is 2.43 bits per heavy atom. The number of likely N-dealkylation sites (N-methyl/N-ethyl adjacent to an activating group) is 1. The molecule has 1 amide bonds. The lowest BCUT2D eigenvalue weighted by Crippen LogP contribution is -2.31. The summed E-state index contributed by atoms with van der Waals surface area (Å²) in [5.74, 6) is 1.09. The van der Waals surface area contributed by atoms with Crippen molar-refractivity contribution in [1.29, 1.82) is 0 Å². The Morgan fingerprint density at radius 2 is 1.81 bits per heavy atom. The summed E-state index contributed by atoms with van der Waals surface area (Å²) in [6.45, 7) is -0.0727. The van der Waals surface area contributed by atoms with E-state index in [-0.39, 0.29) is 12.5 Å². The number of nitrogens with zero attached hydrogens (tertiary/aromatic N) is 1. The second-order valence-corrected chi connectivity index (χ2v) is 4.48. The van der Waals surface area contributed by atoms with E-state index in [0.717, 1.165) is 11.4 Å². The lowest BCUT2D eigenvalue weighted by atomic mass is 10.3. The lowest BCUT2D eigenvalue weighted by molar-refractivity contribution is -0.120. The lowest BCUT2D eigenvalue weighted by Gasteiger charge is -2.18. The van der Waals surface area contributed by atoms with Crippen molar-refractivity contribution in [2.45, 2.75) is 0 Å². The van der Waals surface area contributed by atoms with Crippen LogP contribution in [0.15, 0.2) is 48.5 Å². The molecule has 0 saturated carbocycles. The summed E-state index contributed by atoms with van der Waals surface area (Å²) in [5.41, 5.74) is 7.04. The molecule has 0 saturated heterocycles. The molecule has 0 fully saturated rings. The van der Waals surface area contributed by atoms with Crippen LogP contribution in [-0.4, -0.2) is 26.7 Å². The third-order valence-corrected chi connectivity index (χ3v) is 3.10. The summed E-state index contributed by atoms with van der Waals surface area (Å²) >= 11 is 0. The first-order valence-electron chi connectivity index (χ1n) is 6.49. The van der Waals surface area contributed by atoms with Gasteiger partial charge in [-0.1, -0.05) is 12.1 Å². The van der Waals surface area contributed by atoms with Gasteiger partial charge in [-0.05, 0) is 36.4 Å². The van der Waals surface area contributed by atoms with Crippen molar-refractivity contribution in [1.82, 2.24) is 0 Å². The zero-order valence-electron chi connectivity index (χ0n) is 12.1. The number of hydrogen-bond donors (Lipinski definition) is 1. The predicted octanol–water partition coefficient (Wildman–Crippen LogP) is 2.32.